The number of amides is 1. The van der Waals surface area contributed by atoms with Crippen LogP contribution in [0.4, 0.5) is 18.9 Å². The molecule has 0 aliphatic heterocycles. The molecule has 0 aliphatic carbocycles. The number of pyridine rings is 2. The Morgan fingerprint density at radius 3 is 2.50 bits per heavy atom. The lowest BCUT2D eigenvalue weighted by Gasteiger charge is -2.22. The molecule has 0 N–H and O–H groups in total. The van der Waals surface area contributed by atoms with E-state index in [1.54, 1.807) is 25.3 Å². The first-order chi connectivity index (χ1) is 17.1. The number of carbonyl (C=O) groups excluding carboxylic acids is 1. The molecular formula is C24H28F3N5O4. The van der Waals surface area contributed by atoms with E-state index in [1.165, 1.54) is 14.2 Å². The second-order valence-electron chi connectivity index (χ2n) is 7.86. The summed E-state index contributed by atoms with van der Waals surface area (Å²) >= 11 is 0. The maximum atomic E-state index is 13.6. The van der Waals surface area contributed by atoms with Gasteiger partial charge in [0, 0.05) is 11.8 Å². The number of carbonyl (C=O) groups is 1. The SMILES string of the molecule is CCCON(C(=O)c1c(CC)cc(-c2cnc(OC)c(OC)c2)nc1C)c1cnn(CC(F)(F)F)c1. The number of ether oxygens (including phenoxy) is 2. The lowest BCUT2D eigenvalue weighted by Crippen LogP contribution is -2.33. The summed E-state index contributed by atoms with van der Waals surface area (Å²) in [5, 5.41) is 4.71. The monoisotopic (exact) mass is 507 g/mol. The molecule has 0 aliphatic rings. The fourth-order valence-corrected chi connectivity index (χ4v) is 3.59. The molecule has 0 bridgehead atoms. The first kappa shape index (κ1) is 26.9. The molecule has 0 saturated heterocycles. The Balaban J connectivity index is 2.01. The third kappa shape index (κ3) is 6.11. The zero-order chi connectivity index (χ0) is 26.5. The van der Waals surface area contributed by atoms with Crippen LogP contribution in [0.1, 0.15) is 41.9 Å². The van der Waals surface area contributed by atoms with Gasteiger partial charge in [-0.2, -0.15) is 23.3 Å². The molecular weight excluding hydrogens is 479 g/mol. The molecule has 0 unspecified atom stereocenters. The van der Waals surface area contributed by atoms with E-state index in [2.05, 4.69) is 15.1 Å². The maximum Gasteiger partial charge on any atom is 0.408 e. The number of aromatic nitrogens is 4. The van der Waals surface area contributed by atoms with Crippen LogP contribution in [-0.4, -0.2) is 52.7 Å². The van der Waals surface area contributed by atoms with Crippen LogP contribution in [0.5, 0.6) is 11.6 Å². The summed E-state index contributed by atoms with van der Waals surface area (Å²) in [6.45, 7) is 4.33. The molecule has 1 amide bonds. The Bertz CT molecular complexity index is 1210. The van der Waals surface area contributed by atoms with Crippen molar-refractivity contribution in [2.75, 3.05) is 25.9 Å². The van der Waals surface area contributed by atoms with E-state index in [4.69, 9.17) is 14.3 Å². The molecule has 0 atom stereocenters. The number of hydroxylamine groups is 1. The lowest BCUT2D eigenvalue weighted by molar-refractivity contribution is -0.142. The van der Waals surface area contributed by atoms with Crippen molar-refractivity contribution in [1.29, 1.82) is 0 Å². The molecule has 0 fully saturated rings. The van der Waals surface area contributed by atoms with Gasteiger partial charge in [-0.25, -0.2) is 4.98 Å². The first-order valence-corrected chi connectivity index (χ1v) is 11.3. The van der Waals surface area contributed by atoms with Crippen LogP contribution in [0.2, 0.25) is 0 Å². The van der Waals surface area contributed by atoms with Crippen LogP contribution in [0.3, 0.4) is 0 Å². The van der Waals surface area contributed by atoms with E-state index < -0.39 is 18.6 Å². The molecule has 194 valence electrons. The highest BCUT2D eigenvalue weighted by atomic mass is 19.4. The summed E-state index contributed by atoms with van der Waals surface area (Å²) in [7, 11) is 2.99. The van der Waals surface area contributed by atoms with Gasteiger partial charge in [-0.3, -0.25) is 19.3 Å². The number of methoxy groups -OCH3 is 2. The Kier molecular flexibility index (Phi) is 8.51. The van der Waals surface area contributed by atoms with E-state index in [0.29, 0.717) is 57.2 Å². The smallest absolute Gasteiger partial charge is 0.408 e. The van der Waals surface area contributed by atoms with Crippen LogP contribution in [0.25, 0.3) is 11.3 Å². The van der Waals surface area contributed by atoms with E-state index in [9.17, 15) is 18.0 Å². The van der Waals surface area contributed by atoms with Gasteiger partial charge >= 0.3 is 6.18 Å². The lowest BCUT2D eigenvalue weighted by atomic mass is 10.00. The van der Waals surface area contributed by atoms with E-state index in [-0.39, 0.29) is 12.3 Å². The Hall–Kier alpha value is -3.67. The van der Waals surface area contributed by atoms with E-state index in [0.717, 1.165) is 17.5 Å². The van der Waals surface area contributed by atoms with Gasteiger partial charge < -0.3 is 9.47 Å². The van der Waals surface area contributed by atoms with Gasteiger partial charge in [0.25, 0.3) is 11.8 Å². The van der Waals surface area contributed by atoms with Crippen molar-refractivity contribution >= 4 is 11.6 Å². The van der Waals surface area contributed by atoms with Crippen LogP contribution in [0, 0.1) is 6.92 Å². The number of rotatable bonds is 10. The molecule has 36 heavy (non-hydrogen) atoms. The molecule has 0 saturated carbocycles. The van der Waals surface area contributed by atoms with Crippen LogP contribution >= 0.6 is 0 Å². The van der Waals surface area contributed by atoms with Crippen molar-refractivity contribution in [2.45, 2.75) is 46.3 Å². The Labute approximate surface area is 206 Å². The number of hydrogen-bond acceptors (Lipinski definition) is 7. The predicted molar refractivity (Wildman–Crippen MR) is 126 cm³/mol. The number of hydrogen-bond donors (Lipinski definition) is 0. The third-order valence-corrected chi connectivity index (χ3v) is 5.21. The number of nitrogens with zero attached hydrogens (tertiary/aromatic N) is 5. The number of anilines is 1. The minimum atomic E-state index is -4.45. The van der Waals surface area contributed by atoms with Crippen molar-refractivity contribution in [3.05, 3.63) is 47.5 Å². The average Bonchev–Trinajstić information content (AvgIpc) is 3.29. The largest absolute Gasteiger partial charge is 0.491 e. The zero-order valence-electron chi connectivity index (χ0n) is 20.7. The van der Waals surface area contributed by atoms with Gasteiger partial charge in [0.05, 0.1) is 50.2 Å². The predicted octanol–water partition coefficient (Wildman–Crippen LogP) is 4.78. The first-order valence-electron chi connectivity index (χ1n) is 11.3. The molecule has 0 spiro atoms. The standard InChI is InChI=1S/C24H28F3N5O4/c1-6-8-36-32(18-12-29-31(13-18)14-24(25,26)27)23(33)21-15(3)30-19(9-16(21)7-2)17-10-20(34-4)22(35-5)28-11-17/h9-13H,6-8,14H2,1-5H3. The van der Waals surface area contributed by atoms with Crippen molar-refractivity contribution in [3.63, 3.8) is 0 Å². The number of halogens is 3. The quantitative estimate of drug-likeness (QED) is 0.365. The Morgan fingerprint density at radius 1 is 1.14 bits per heavy atom. The highest BCUT2D eigenvalue weighted by molar-refractivity contribution is 6.06. The van der Waals surface area contributed by atoms with Crippen LogP contribution in [0.15, 0.2) is 30.7 Å². The molecule has 3 heterocycles. The zero-order valence-corrected chi connectivity index (χ0v) is 20.7. The summed E-state index contributed by atoms with van der Waals surface area (Å²) in [6.07, 6.45) is 0.510. The molecule has 0 radical (unpaired) electrons. The molecule has 3 rings (SSSR count). The fourth-order valence-electron chi connectivity index (χ4n) is 3.59. The second kappa shape index (κ2) is 11.4. The Morgan fingerprint density at radius 2 is 1.89 bits per heavy atom. The molecule has 0 aromatic carbocycles. The van der Waals surface area contributed by atoms with Gasteiger partial charge in [-0.1, -0.05) is 13.8 Å². The summed E-state index contributed by atoms with van der Waals surface area (Å²) < 4.78 is 49.6. The highest BCUT2D eigenvalue weighted by Gasteiger charge is 2.30. The minimum absolute atomic E-state index is 0.0901. The third-order valence-electron chi connectivity index (χ3n) is 5.21. The number of alkyl halides is 3. The summed E-state index contributed by atoms with van der Waals surface area (Å²) in [5.41, 5.74) is 2.74. The normalized spacial score (nSPS) is 11.4. The summed E-state index contributed by atoms with van der Waals surface area (Å²) in [4.78, 5) is 28.1. The molecule has 3 aromatic rings. The molecule has 3 aromatic heterocycles. The van der Waals surface area contributed by atoms with Crippen molar-refractivity contribution in [1.82, 2.24) is 19.7 Å². The topological polar surface area (TPSA) is 91.6 Å². The molecule has 12 heteroatoms. The molecule has 9 nitrogen and oxygen atoms in total. The van der Waals surface area contributed by atoms with Gasteiger partial charge in [0.15, 0.2) is 5.75 Å². The summed E-state index contributed by atoms with van der Waals surface area (Å²) in [5.74, 6) is 0.215. The highest BCUT2D eigenvalue weighted by Crippen LogP contribution is 2.31. The summed E-state index contributed by atoms with van der Waals surface area (Å²) in [6, 6.07) is 3.51. The van der Waals surface area contributed by atoms with Crippen molar-refractivity contribution in [2.24, 2.45) is 0 Å². The van der Waals surface area contributed by atoms with E-state index >= 15 is 0 Å². The van der Waals surface area contributed by atoms with Crippen molar-refractivity contribution < 1.29 is 32.3 Å². The van der Waals surface area contributed by atoms with Crippen LogP contribution in [-0.2, 0) is 17.8 Å². The van der Waals surface area contributed by atoms with Crippen molar-refractivity contribution in [3.8, 4) is 22.9 Å². The van der Waals surface area contributed by atoms with Gasteiger partial charge in [-0.15, -0.1) is 0 Å². The number of aryl methyl sites for hydroxylation is 2. The average molecular weight is 508 g/mol. The van der Waals surface area contributed by atoms with Crippen LogP contribution < -0.4 is 14.5 Å². The fraction of sp³-hybridized carbons (Fsp3) is 0.417. The van der Waals surface area contributed by atoms with Gasteiger partial charge in [0.1, 0.15) is 12.2 Å². The van der Waals surface area contributed by atoms with E-state index in [1.807, 2.05) is 13.8 Å². The van der Waals surface area contributed by atoms with Gasteiger partial charge in [0.2, 0.25) is 0 Å². The minimum Gasteiger partial charge on any atom is -0.491 e. The van der Waals surface area contributed by atoms with Gasteiger partial charge in [-0.05, 0) is 37.5 Å². The maximum absolute atomic E-state index is 13.6. The second-order valence-corrected chi connectivity index (χ2v) is 7.86.